The van der Waals surface area contributed by atoms with E-state index in [2.05, 4.69) is 4.72 Å². The zero-order valence-corrected chi connectivity index (χ0v) is 15.3. The number of carbonyl (C=O) groups excluding carboxylic acids is 1. The minimum absolute atomic E-state index is 0.0564. The molecule has 0 unspecified atom stereocenters. The van der Waals surface area contributed by atoms with Crippen LogP contribution >= 0.6 is 0 Å². The molecule has 0 heterocycles. The number of hydrogen-bond acceptors (Lipinski definition) is 5. The summed E-state index contributed by atoms with van der Waals surface area (Å²) in [7, 11) is -0.0678. The molecule has 26 heavy (non-hydrogen) atoms. The van der Waals surface area contributed by atoms with E-state index in [9.17, 15) is 13.2 Å². The summed E-state index contributed by atoms with van der Waals surface area (Å²) in [5.74, 6) is -0.157. The molecule has 0 aliphatic heterocycles. The molecule has 0 radical (unpaired) electrons. The number of rotatable bonds is 7. The van der Waals surface area contributed by atoms with Crippen molar-refractivity contribution in [2.24, 2.45) is 0 Å². The van der Waals surface area contributed by atoms with E-state index in [0.29, 0.717) is 16.7 Å². The molecular formula is C19H19N3O3S. The molecule has 6 nitrogen and oxygen atoms in total. The Morgan fingerprint density at radius 1 is 1.19 bits per heavy atom. The van der Waals surface area contributed by atoms with Gasteiger partial charge in [-0.05, 0) is 35.9 Å². The molecule has 0 bridgehead atoms. The highest BCUT2D eigenvalue weighted by atomic mass is 32.2. The summed E-state index contributed by atoms with van der Waals surface area (Å²) in [6.45, 7) is 0.0564. The van der Waals surface area contributed by atoms with Crippen LogP contribution in [-0.2, 0) is 16.6 Å². The van der Waals surface area contributed by atoms with E-state index in [1.165, 1.54) is 30.3 Å². The van der Waals surface area contributed by atoms with Crippen LogP contribution in [-0.4, -0.2) is 33.2 Å². The van der Waals surface area contributed by atoms with E-state index in [-0.39, 0.29) is 17.2 Å². The van der Waals surface area contributed by atoms with Gasteiger partial charge in [0.15, 0.2) is 5.78 Å². The predicted octanol–water partition coefficient (Wildman–Crippen LogP) is 2.29. The van der Waals surface area contributed by atoms with Gasteiger partial charge in [-0.2, -0.15) is 5.26 Å². The molecule has 0 saturated carbocycles. The minimum Gasteiger partial charge on any atom is -0.383 e. The maximum atomic E-state index is 12.3. The molecule has 7 heteroatoms. The lowest BCUT2D eigenvalue weighted by Crippen LogP contribution is -2.23. The highest BCUT2D eigenvalue weighted by Crippen LogP contribution is 2.12. The molecule has 0 aliphatic rings. The van der Waals surface area contributed by atoms with Gasteiger partial charge < -0.3 is 4.90 Å². The van der Waals surface area contributed by atoms with Crippen molar-refractivity contribution in [1.29, 1.82) is 5.26 Å². The Morgan fingerprint density at radius 2 is 1.88 bits per heavy atom. The smallest absolute Gasteiger partial charge is 0.240 e. The maximum absolute atomic E-state index is 12.3. The Hall–Kier alpha value is -2.95. The highest BCUT2D eigenvalue weighted by molar-refractivity contribution is 7.89. The lowest BCUT2D eigenvalue weighted by Gasteiger charge is -2.08. The monoisotopic (exact) mass is 369 g/mol. The van der Waals surface area contributed by atoms with Gasteiger partial charge in [0.25, 0.3) is 0 Å². The molecule has 0 saturated heterocycles. The Bertz CT molecular complexity index is 956. The quantitative estimate of drug-likeness (QED) is 0.597. The number of carbonyl (C=O) groups is 1. The van der Waals surface area contributed by atoms with Crippen LogP contribution in [0.15, 0.2) is 65.7 Å². The van der Waals surface area contributed by atoms with Gasteiger partial charge in [-0.3, -0.25) is 4.79 Å². The van der Waals surface area contributed by atoms with Crippen molar-refractivity contribution in [3.05, 3.63) is 77.5 Å². The molecule has 0 aliphatic carbocycles. The number of nitrogens with zero attached hydrogens (tertiary/aromatic N) is 2. The van der Waals surface area contributed by atoms with Crippen LogP contribution in [0.3, 0.4) is 0 Å². The number of nitrogens with one attached hydrogen (secondary N) is 1. The Labute approximate surface area is 153 Å². The summed E-state index contributed by atoms with van der Waals surface area (Å²) >= 11 is 0. The van der Waals surface area contributed by atoms with Crippen LogP contribution in [0.2, 0.25) is 0 Å². The topological polar surface area (TPSA) is 90.3 Å². The first kappa shape index (κ1) is 19.4. The number of sulfonamides is 1. The Morgan fingerprint density at radius 3 is 2.50 bits per heavy atom. The molecule has 134 valence electrons. The number of allylic oxidation sites excluding steroid dienone is 1. The van der Waals surface area contributed by atoms with Crippen molar-refractivity contribution >= 4 is 15.8 Å². The molecular weight excluding hydrogens is 350 g/mol. The van der Waals surface area contributed by atoms with Gasteiger partial charge in [-0.25, -0.2) is 13.1 Å². The van der Waals surface area contributed by atoms with Gasteiger partial charge in [-0.1, -0.05) is 18.2 Å². The molecule has 2 rings (SSSR count). The average Bonchev–Trinajstić information content (AvgIpc) is 2.64. The second kappa shape index (κ2) is 8.43. The summed E-state index contributed by atoms with van der Waals surface area (Å²) in [5.41, 5.74) is 1.55. The number of hydrogen-bond donors (Lipinski definition) is 1. The number of ketones is 1. The van der Waals surface area contributed by atoms with Crippen LogP contribution in [0.5, 0.6) is 0 Å². The molecule has 0 amide bonds. The van der Waals surface area contributed by atoms with Crippen molar-refractivity contribution in [2.45, 2.75) is 11.4 Å². The number of benzene rings is 2. The standard InChI is InChI=1S/C19H19N3O3S/c1-22(2)11-10-19(23)17-5-3-4-16(12-17)14-21-26(24,25)18-8-6-15(13-20)7-9-18/h3-12,21H,14H2,1-2H3. The lowest BCUT2D eigenvalue weighted by atomic mass is 10.1. The fourth-order valence-electron chi connectivity index (χ4n) is 2.12. The molecule has 0 fully saturated rings. The van der Waals surface area contributed by atoms with Gasteiger partial charge in [0.2, 0.25) is 10.0 Å². The van der Waals surface area contributed by atoms with E-state index in [4.69, 9.17) is 5.26 Å². The fourth-order valence-corrected chi connectivity index (χ4v) is 3.14. The zero-order valence-electron chi connectivity index (χ0n) is 14.5. The van der Waals surface area contributed by atoms with E-state index in [1.54, 1.807) is 35.4 Å². The van der Waals surface area contributed by atoms with Gasteiger partial charge in [0.05, 0.1) is 16.5 Å². The Balaban J connectivity index is 2.10. The third-order valence-corrected chi connectivity index (χ3v) is 4.91. The highest BCUT2D eigenvalue weighted by Gasteiger charge is 2.14. The van der Waals surface area contributed by atoms with Gasteiger partial charge in [-0.15, -0.1) is 0 Å². The maximum Gasteiger partial charge on any atom is 0.240 e. The van der Waals surface area contributed by atoms with Gasteiger partial charge >= 0.3 is 0 Å². The van der Waals surface area contributed by atoms with Crippen molar-refractivity contribution in [2.75, 3.05) is 14.1 Å². The summed E-state index contributed by atoms with van der Waals surface area (Å²) in [5, 5.41) is 8.77. The van der Waals surface area contributed by atoms with Crippen LogP contribution in [0, 0.1) is 11.3 Å². The zero-order chi connectivity index (χ0) is 19.2. The summed E-state index contributed by atoms with van der Waals surface area (Å²) in [4.78, 5) is 13.9. The fraction of sp³-hybridized carbons (Fsp3) is 0.158. The first-order chi connectivity index (χ1) is 12.3. The summed E-state index contributed by atoms with van der Waals surface area (Å²) in [6.07, 6.45) is 3.11. The molecule has 2 aromatic rings. The van der Waals surface area contributed by atoms with E-state index < -0.39 is 10.0 Å². The normalized spacial score (nSPS) is 11.3. The SMILES string of the molecule is CN(C)C=CC(=O)c1cccc(CNS(=O)(=O)c2ccc(C#N)cc2)c1. The minimum atomic E-state index is -3.70. The van der Waals surface area contributed by atoms with Crippen molar-refractivity contribution in [1.82, 2.24) is 9.62 Å². The molecule has 2 aromatic carbocycles. The molecule has 0 spiro atoms. The largest absolute Gasteiger partial charge is 0.383 e. The second-order valence-electron chi connectivity index (χ2n) is 5.80. The van der Waals surface area contributed by atoms with Crippen molar-refractivity contribution < 1.29 is 13.2 Å². The van der Waals surface area contributed by atoms with Gasteiger partial charge in [0.1, 0.15) is 0 Å². The third kappa shape index (κ3) is 5.28. The van der Waals surface area contributed by atoms with Gasteiger partial charge in [0, 0.05) is 38.5 Å². The summed E-state index contributed by atoms with van der Waals surface area (Å²) in [6, 6.07) is 14.4. The van der Waals surface area contributed by atoms with E-state index in [1.807, 2.05) is 20.2 Å². The lowest BCUT2D eigenvalue weighted by molar-refractivity contribution is 0.104. The van der Waals surface area contributed by atoms with Crippen LogP contribution in [0.4, 0.5) is 0 Å². The molecule has 1 N–H and O–H groups in total. The van der Waals surface area contributed by atoms with Crippen molar-refractivity contribution in [3.63, 3.8) is 0 Å². The molecule has 0 aromatic heterocycles. The second-order valence-corrected chi connectivity index (χ2v) is 7.57. The average molecular weight is 369 g/mol. The first-order valence-corrected chi connectivity index (χ1v) is 9.28. The van der Waals surface area contributed by atoms with Crippen LogP contribution < -0.4 is 4.72 Å². The Kier molecular flexibility index (Phi) is 6.28. The first-order valence-electron chi connectivity index (χ1n) is 7.79. The molecule has 0 atom stereocenters. The van der Waals surface area contributed by atoms with Crippen LogP contribution in [0.25, 0.3) is 0 Å². The summed E-state index contributed by atoms with van der Waals surface area (Å²) < 4.78 is 27.1. The van der Waals surface area contributed by atoms with E-state index in [0.717, 1.165) is 0 Å². The number of nitriles is 1. The van der Waals surface area contributed by atoms with Crippen molar-refractivity contribution in [3.8, 4) is 6.07 Å². The van der Waals surface area contributed by atoms with E-state index >= 15 is 0 Å². The van der Waals surface area contributed by atoms with Crippen LogP contribution in [0.1, 0.15) is 21.5 Å². The third-order valence-electron chi connectivity index (χ3n) is 3.50. The predicted molar refractivity (Wildman–Crippen MR) is 98.8 cm³/mol.